The van der Waals surface area contributed by atoms with Crippen LogP contribution in [0.5, 0.6) is 11.6 Å². The Labute approximate surface area is 130 Å². The van der Waals surface area contributed by atoms with Crippen LogP contribution in [0.2, 0.25) is 10.0 Å². The number of pyridine rings is 1. The summed E-state index contributed by atoms with van der Waals surface area (Å²) >= 11 is 17.8. The van der Waals surface area contributed by atoms with Crippen molar-refractivity contribution < 1.29 is 4.74 Å². The van der Waals surface area contributed by atoms with Crippen LogP contribution in [0.1, 0.15) is 5.69 Å². The number of hydrogen-bond donors (Lipinski definition) is 0. The number of nitrogens with zero attached hydrogens (tertiary/aromatic N) is 2. The summed E-state index contributed by atoms with van der Waals surface area (Å²) in [7, 11) is 0. The molecule has 20 heavy (non-hydrogen) atoms. The third kappa shape index (κ3) is 2.44. The first-order chi connectivity index (χ1) is 9.69. The molecule has 0 amide bonds. The van der Waals surface area contributed by atoms with Crippen molar-refractivity contribution in [3.63, 3.8) is 0 Å². The maximum Gasteiger partial charge on any atom is 0.242 e. The second-order valence-corrected chi connectivity index (χ2v) is 5.19. The largest absolute Gasteiger partial charge is 0.437 e. The summed E-state index contributed by atoms with van der Waals surface area (Å²) in [5, 5.41) is 0.909. The molecule has 0 saturated heterocycles. The molecular formula is C14H9Cl3N2O. The van der Waals surface area contributed by atoms with Crippen LogP contribution in [0.15, 0.2) is 42.6 Å². The highest BCUT2D eigenvalue weighted by molar-refractivity contribution is 6.42. The first-order valence-corrected chi connectivity index (χ1v) is 7.13. The topological polar surface area (TPSA) is 26.5 Å². The van der Waals surface area contributed by atoms with Gasteiger partial charge in [-0.25, -0.2) is 0 Å². The summed E-state index contributed by atoms with van der Waals surface area (Å²) in [5.41, 5.74) is 1.56. The molecule has 6 heteroatoms. The number of halogens is 3. The Balaban J connectivity index is 2.03. The Morgan fingerprint density at radius 3 is 2.70 bits per heavy atom. The highest BCUT2D eigenvalue weighted by atomic mass is 35.5. The second-order valence-electron chi connectivity index (χ2n) is 4.10. The van der Waals surface area contributed by atoms with Crippen LogP contribution >= 0.6 is 34.8 Å². The van der Waals surface area contributed by atoms with Crippen molar-refractivity contribution in [2.75, 3.05) is 0 Å². The molecule has 3 aromatic rings. The van der Waals surface area contributed by atoms with Crippen molar-refractivity contribution in [2.24, 2.45) is 0 Å². The van der Waals surface area contributed by atoms with Gasteiger partial charge in [0.15, 0.2) is 0 Å². The zero-order chi connectivity index (χ0) is 14.1. The van der Waals surface area contributed by atoms with Crippen molar-refractivity contribution >= 4 is 40.4 Å². The third-order valence-corrected chi connectivity index (χ3v) is 3.82. The second kappa shape index (κ2) is 5.52. The van der Waals surface area contributed by atoms with Gasteiger partial charge in [0.05, 0.1) is 15.9 Å². The fourth-order valence-electron chi connectivity index (χ4n) is 1.88. The summed E-state index contributed by atoms with van der Waals surface area (Å²) in [4.78, 5) is 4.41. The predicted octanol–water partition coefficient (Wildman–Crippen LogP) is 5.17. The first kappa shape index (κ1) is 13.6. The minimum atomic E-state index is 0.293. The Kier molecular flexibility index (Phi) is 3.74. The molecule has 0 unspecified atom stereocenters. The van der Waals surface area contributed by atoms with Crippen LogP contribution < -0.4 is 4.74 Å². The fourth-order valence-corrected chi connectivity index (χ4v) is 2.41. The quantitative estimate of drug-likeness (QED) is 0.620. The van der Waals surface area contributed by atoms with Gasteiger partial charge in [-0.2, -0.15) is 4.98 Å². The van der Waals surface area contributed by atoms with Crippen LogP contribution in [-0.4, -0.2) is 9.38 Å². The standard InChI is InChI=1S/C14H9Cl3N2O/c15-8-12-14(18-13-3-1-2-6-19(12)13)20-9-4-5-10(16)11(17)7-9/h1-7H,8H2. The third-order valence-electron chi connectivity index (χ3n) is 2.82. The van der Waals surface area contributed by atoms with Crippen molar-refractivity contribution in [1.29, 1.82) is 0 Å². The minimum absolute atomic E-state index is 0.293. The van der Waals surface area contributed by atoms with E-state index in [2.05, 4.69) is 4.98 Å². The van der Waals surface area contributed by atoms with Gasteiger partial charge < -0.3 is 4.74 Å². The molecule has 3 nitrogen and oxygen atoms in total. The minimum Gasteiger partial charge on any atom is -0.437 e. The maximum absolute atomic E-state index is 5.99. The van der Waals surface area contributed by atoms with E-state index in [1.165, 1.54) is 0 Å². The van der Waals surface area contributed by atoms with Gasteiger partial charge in [0, 0.05) is 12.3 Å². The van der Waals surface area contributed by atoms with E-state index in [1.807, 2.05) is 28.8 Å². The molecule has 1 aromatic carbocycles. The lowest BCUT2D eigenvalue weighted by Crippen LogP contribution is -1.92. The van der Waals surface area contributed by atoms with Crippen LogP contribution in [-0.2, 0) is 5.88 Å². The lowest BCUT2D eigenvalue weighted by molar-refractivity contribution is 0.461. The molecule has 0 N–H and O–H groups in total. The lowest BCUT2D eigenvalue weighted by atomic mass is 10.3. The van der Waals surface area contributed by atoms with Gasteiger partial charge in [-0.3, -0.25) is 4.40 Å². The number of imidazole rings is 1. The summed E-state index contributed by atoms with van der Waals surface area (Å²) < 4.78 is 7.65. The molecule has 102 valence electrons. The summed E-state index contributed by atoms with van der Waals surface area (Å²) in [5.74, 6) is 1.32. The van der Waals surface area contributed by atoms with E-state index in [1.54, 1.807) is 18.2 Å². The zero-order valence-electron chi connectivity index (χ0n) is 10.2. The van der Waals surface area contributed by atoms with Gasteiger partial charge >= 0.3 is 0 Å². The molecule has 2 aromatic heterocycles. The van der Waals surface area contributed by atoms with Crippen LogP contribution in [0.25, 0.3) is 5.65 Å². The number of alkyl halides is 1. The van der Waals surface area contributed by atoms with Crippen LogP contribution in [0, 0.1) is 0 Å². The van der Waals surface area contributed by atoms with E-state index in [-0.39, 0.29) is 0 Å². The van der Waals surface area contributed by atoms with E-state index in [9.17, 15) is 0 Å². The Hall–Kier alpha value is -1.42. The normalized spacial score (nSPS) is 10.9. The molecule has 0 saturated carbocycles. The number of rotatable bonds is 3. The van der Waals surface area contributed by atoms with Gasteiger partial charge in [-0.15, -0.1) is 11.6 Å². The van der Waals surface area contributed by atoms with Crippen molar-refractivity contribution in [1.82, 2.24) is 9.38 Å². The lowest BCUT2D eigenvalue weighted by Gasteiger charge is -2.05. The first-order valence-electron chi connectivity index (χ1n) is 5.84. The molecule has 0 aliphatic heterocycles. The average Bonchev–Trinajstić information content (AvgIpc) is 2.80. The predicted molar refractivity (Wildman–Crippen MR) is 81.3 cm³/mol. The SMILES string of the molecule is ClCc1c(Oc2ccc(Cl)c(Cl)c2)nc2ccccn12. The summed E-state index contributed by atoms with van der Waals surface area (Å²) in [6.07, 6.45) is 1.89. The number of aromatic nitrogens is 2. The van der Waals surface area contributed by atoms with Gasteiger partial charge in [0.1, 0.15) is 17.1 Å². The van der Waals surface area contributed by atoms with Gasteiger partial charge in [0.2, 0.25) is 5.88 Å². The van der Waals surface area contributed by atoms with Crippen molar-refractivity contribution in [3.8, 4) is 11.6 Å². The Morgan fingerprint density at radius 2 is 1.95 bits per heavy atom. The van der Waals surface area contributed by atoms with E-state index in [0.717, 1.165) is 11.3 Å². The monoisotopic (exact) mass is 326 g/mol. The average molecular weight is 328 g/mol. The van der Waals surface area contributed by atoms with E-state index in [0.29, 0.717) is 27.6 Å². The molecule has 0 aliphatic carbocycles. The summed E-state index contributed by atoms with van der Waals surface area (Å²) in [6.45, 7) is 0. The van der Waals surface area contributed by atoms with Crippen molar-refractivity contribution in [2.45, 2.75) is 5.88 Å². The highest BCUT2D eigenvalue weighted by Crippen LogP contribution is 2.31. The summed E-state index contributed by atoms with van der Waals surface area (Å²) in [6, 6.07) is 10.8. The van der Waals surface area contributed by atoms with Crippen LogP contribution in [0.3, 0.4) is 0 Å². The number of fused-ring (bicyclic) bond motifs is 1. The van der Waals surface area contributed by atoms with Gasteiger partial charge in [0.25, 0.3) is 0 Å². The molecule has 3 rings (SSSR count). The number of ether oxygens (including phenoxy) is 1. The van der Waals surface area contributed by atoms with Gasteiger partial charge in [-0.05, 0) is 24.3 Å². The molecule has 0 aliphatic rings. The van der Waals surface area contributed by atoms with Crippen molar-refractivity contribution in [3.05, 3.63) is 58.3 Å². The Bertz CT molecular complexity index is 770. The molecule has 0 spiro atoms. The van der Waals surface area contributed by atoms with Gasteiger partial charge in [-0.1, -0.05) is 29.3 Å². The smallest absolute Gasteiger partial charge is 0.242 e. The number of hydrogen-bond acceptors (Lipinski definition) is 2. The maximum atomic E-state index is 5.99. The Morgan fingerprint density at radius 1 is 1.10 bits per heavy atom. The van der Waals surface area contributed by atoms with E-state index in [4.69, 9.17) is 39.5 Å². The molecule has 2 heterocycles. The fraction of sp³-hybridized carbons (Fsp3) is 0.0714. The van der Waals surface area contributed by atoms with Crippen LogP contribution in [0.4, 0.5) is 0 Å². The molecule has 0 radical (unpaired) electrons. The highest BCUT2D eigenvalue weighted by Gasteiger charge is 2.13. The number of benzene rings is 1. The zero-order valence-corrected chi connectivity index (χ0v) is 12.5. The molecule has 0 bridgehead atoms. The van der Waals surface area contributed by atoms with E-state index >= 15 is 0 Å². The molecule has 0 atom stereocenters. The molecule has 0 fully saturated rings. The van der Waals surface area contributed by atoms with E-state index < -0.39 is 0 Å². The molecular weight excluding hydrogens is 319 g/mol.